The van der Waals surface area contributed by atoms with E-state index in [0.29, 0.717) is 13.2 Å². The van der Waals surface area contributed by atoms with E-state index in [1.54, 1.807) is 0 Å². The molecule has 0 saturated heterocycles. The van der Waals surface area contributed by atoms with Crippen LogP contribution in [0.3, 0.4) is 0 Å². The first-order valence-corrected chi connectivity index (χ1v) is 7.15. The van der Waals surface area contributed by atoms with Gasteiger partial charge in [-0.2, -0.15) is 5.26 Å². The Morgan fingerprint density at radius 1 is 1.10 bits per heavy atom. The fraction of sp³-hybridized carbons (Fsp3) is 0.562. The Hall–Kier alpha value is -1.73. The van der Waals surface area contributed by atoms with Crippen molar-refractivity contribution in [1.29, 1.82) is 5.26 Å². The zero-order chi connectivity index (χ0) is 14.8. The summed E-state index contributed by atoms with van der Waals surface area (Å²) in [5, 5.41) is 12.4. The summed E-state index contributed by atoms with van der Waals surface area (Å²) in [6.07, 6.45) is 1.97. The van der Waals surface area contributed by atoms with Gasteiger partial charge in [0.2, 0.25) is 0 Å². The molecule has 20 heavy (non-hydrogen) atoms. The maximum absolute atomic E-state index is 9.22. The number of nitrogens with one attached hydrogen (secondary N) is 1. The summed E-state index contributed by atoms with van der Waals surface area (Å²) in [5.41, 5.74) is -0.659. The lowest BCUT2D eigenvalue weighted by Crippen LogP contribution is -2.46. The predicted octanol–water partition coefficient (Wildman–Crippen LogP) is 3.14. The summed E-state index contributed by atoms with van der Waals surface area (Å²) in [5.74, 6) is 1.58. The van der Waals surface area contributed by atoms with Crippen molar-refractivity contribution in [1.82, 2.24) is 5.32 Å². The van der Waals surface area contributed by atoms with Gasteiger partial charge in [0.1, 0.15) is 23.6 Å². The molecule has 0 spiro atoms. The lowest BCUT2D eigenvalue weighted by Gasteiger charge is -2.23. The van der Waals surface area contributed by atoms with Gasteiger partial charge in [0.15, 0.2) is 0 Å². The van der Waals surface area contributed by atoms with Gasteiger partial charge in [0, 0.05) is 0 Å². The largest absolute Gasteiger partial charge is 0.494 e. The SMILES string of the molecule is CCCNC(C)(C#N)COc1ccc(OCCC)cc1. The lowest BCUT2D eigenvalue weighted by atomic mass is 10.1. The maximum atomic E-state index is 9.22. The molecule has 0 amide bonds. The van der Waals surface area contributed by atoms with Crippen LogP contribution in [0.5, 0.6) is 11.5 Å². The molecule has 4 heteroatoms. The highest BCUT2D eigenvalue weighted by molar-refractivity contribution is 5.31. The molecular weight excluding hydrogens is 252 g/mol. The second kappa shape index (κ2) is 8.44. The van der Waals surface area contributed by atoms with Gasteiger partial charge in [-0.05, 0) is 50.6 Å². The van der Waals surface area contributed by atoms with Crippen LogP contribution in [0.2, 0.25) is 0 Å². The molecule has 1 atom stereocenters. The smallest absolute Gasteiger partial charge is 0.138 e. The number of rotatable bonds is 9. The fourth-order valence-electron chi connectivity index (χ4n) is 1.60. The topological polar surface area (TPSA) is 54.3 Å². The molecule has 0 aliphatic carbocycles. The molecule has 4 nitrogen and oxygen atoms in total. The van der Waals surface area contributed by atoms with Crippen LogP contribution in [-0.4, -0.2) is 25.3 Å². The van der Waals surface area contributed by atoms with Crippen molar-refractivity contribution in [3.05, 3.63) is 24.3 Å². The van der Waals surface area contributed by atoms with Crippen LogP contribution in [0.25, 0.3) is 0 Å². The predicted molar refractivity (Wildman–Crippen MR) is 80.0 cm³/mol. The monoisotopic (exact) mass is 276 g/mol. The quantitative estimate of drug-likeness (QED) is 0.753. The summed E-state index contributed by atoms with van der Waals surface area (Å²) in [6.45, 7) is 7.83. The Kier molecular flexibility index (Phi) is 6.89. The van der Waals surface area contributed by atoms with Gasteiger partial charge < -0.3 is 9.47 Å². The van der Waals surface area contributed by atoms with Gasteiger partial charge in [-0.25, -0.2) is 0 Å². The van der Waals surface area contributed by atoms with E-state index >= 15 is 0 Å². The van der Waals surface area contributed by atoms with E-state index < -0.39 is 5.54 Å². The summed E-state index contributed by atoms with van der Waals surface area (Å²) in [7, 11) is 0. The van der Waals surface area contributed by atoms with Gasteiger partial charge in [0.25, 0.3) is 0 Å². The van der Waals surface area contributed by atoms with Gasteiger partial charge in [0.05, 0.1) is 12.7 Å². The average molecular weight is 276 g/mol. The third kappa shape index (κ3) is 5.50. The molecule has 0 aromatic heterocycles. The molecule has 0 aliphatic heterocycles. The molecule has 0 saturated carbocycles. The van der Waals surface area contributed by atoms with Crippen LogP contribution in [0.15, 0.2) is 24.3 Å². The minimum absolute atomic E-state index is 0.318. The summed E-state index contributed by atoms with van der Waals surface area (Å²) in [6, 6.07) is 9.76. The third-order valence-electron chi connectivity index (χ3n) is 2.84. The van der Waals surface area contributed by atoms with Crippen LogP contribution < -0.4 is 14.8 Å². The Labute approximate surface area is 121 Å². The molecule has 1 aromatic rings. The molecule has 0 bridgehead atoms. The van der Waals surface area contributed by atoms with Crippen molar-refractivity contribution in [2.45, 2.75) is 39.2 Å². The minimum Gasteiger partial charge on any atom is -0.494 e. The van der Waals surface area contributed by atoms with Gasteiger partial charge in [-0.1, -0.05) is 13.8 Å². The average Bonchev–Trinajstić information content (AvgIpc) is 2.50. The van der Waals surface area contributed by atoms with Gasteiger partial charge >= 0.3 is 0 Å². The van der Waals surface area contributed by atoms with Crippen LogP contribution in [0, 0.1) is 11.3 Å². The minimum atomic E-state index is -0.659. The van der Waals surface area contributed by atoms with Gasteiger partial charge in [-0.15, -0.1) is 0 Å². The molecule has 1 rings (SSSR count). The molecule has 1 aromatic carbocycles. The standard InChI is InChI=1S/C16H24N2O2/c1-4-10-18-16(3,12-17)13-20-15-8-6-14(7-9-15)19-11-5-2/h6-9,18H,4-5,10-11,13H2,1-3H3. The third-order valence-corrected chi connectivity index (χ3v) is 2.84. The lowest BCUT2D eigenvalue weighted by molar-refractivity contribution is 0.234. The van der Waals surface area contributed by atoms with E-state index in [1.807, 2.05) is 31.2 Å². The van der Waals surface area contributed by atoms with E-state index in [4.69, 9.17) is 9.47 Å². The number of hydrogen-bond acceptors (Lipinski definition) is 4. The van der Waals surface area contributed by atoms with Crippen LogP contribution >= 0.6 is 0 Å². The highest BCUT2D eigenvalue weighted by atomic mass is 16.5. The number of benzene rings is 1. The molecule has 0 heterocycles. The Morgan fingerprint density at radius 2 is 1.70 bits per heavy atom. The van der Waals surface area contributed by atoms with Crippen LogP contribution in [0.1, 0.15) is 33.6 Å². The Morgan fingerprint density at radius 3 is 2.20 bits per heavy atom. The van der Waals surface area contributed by atoms with Crippen molar-refractivity contribution in [3.63, 3.8) is 0 Å². The number of nitrogens with zero attached hydrogens (tertiary/aromatic N) is 1. The van der Waals surface area contributed by atoms with Gasteiger partial charge in [-0.3, -0.25) is 5.32 Å². The maximum Gasteiger partial charge on any atom is 0.138 e. The van der Waals surface area contributed by atoms with Crippen molar-refractivity contribution in [3.8, 4) is 17.6 Å². The molecule has 110 valence electrons. The normalized spacial score (nSPS) is 13.3. The van der Waals surface area contributed by atoms with E-state index in [2.05, 4.69) is 25.2 Å². The first-order chi connectivity index (χ1) is 9.63. The van der Waals surface area contributed by atoms with Crippen molar-refractivity contribution < 1.29 is 9.47 Å². The molecule has 0 radical (unpaired) electrons. The number of nitriles is 1. The highest BCUT2D eigenvalue weighted by Crippen LogP contribution is 2.18. The fourth-order valence-corrected chi connectivity index (χ4v) is 1.60. The van der Waals surface area contributed by atoms with Crippen molar-refractivity contribution >= 4 is 0 Å². The Balaban J connectivity index is 2.50. The molecular formula is C16H24N2O2. The van der Waals surface area contributed by atoms with E-state index in [1.165, 1.54) is 0 Å². The second-order valence-electron chi connectivity index (χ2n) is 4.98. The first kappa shape index (κ1) is 16.3. The molecule has 0 aliphatic rings. The summed E-state index contributed by atoms with van der Waals surface area (Å²) < 4.78 is 11.2. The second-order valence-corrected chi connectivity index (χ2v) is 4.98. The molecule has 0 fully saturated rings. The summed E-state index contributed by atoms with van der Waals surface area (Å²) >= 11 is 0. The van der Waals surface area contributed by atoms with E-state index in [9.17, 15) is 5.26 Å². The van der Waals surface area contributed by atoms with E-state index in [0.717, 1.165) is 30.9 Å². The molecule has 1 unspecified atom stereocenters. The summed E-state index contributed by atoms with van der Waals surface area (Å²) in [4.78, 5) is 0. The number of ether oxygens (including phenoxy) is 2. The molecule has 1 N–H and O–H groups in total. The number of hydrogen-bond donors (Lipinski definition) is 1. The highest BCUT2D eigenvalue weighted by Gasteiger charge is 2.23. The zero-order valence-corrected chi connectivity index (χ0v) is 12.6. The van der Waals surface area contributed by atoms with Crippen molar-refractivity contribution in [2.75, 3.05) is 19.8 Å². The first-order valence-electron chi connectivity index (χ1n) is 7.15. The van der Waals surface area contributed by atoms with Crippen LogP contribution in [-0.2, 0) is 0 Å². The van der Waals surface area contributed by atoms with Crippen molar-refractivity contribution in [2.24, 2.45) is 0 Å². The zero-order valence-electron chi connectivity index (χ0n) is 12.6. The van der Waals surface area contributed by atoms with E-state index in [-0.39, 0.29) is 0 Å². The Bertz CT molecular complexity index is 425. The van der Waals surface area contributed by atoms with Crippen LogP contribution in [0.4, 0.5) is 0 Å².